The van der Waals surface area contributed by atoms with Crippen molar-refractivity contribution in [1.82, 2.24) is 0 Å². The van der Waals surface area contributed by atoms with E-state index in [1.54, 1.807) is 6.26 Å². The molecule has 1 heterocycles. The lowest BCUT2D eigenvalue weighted by atomic mass is 9.42. The lowest BCUT2D eigenvalue weighted by molar-refractivity contribution is -0.215. The zero-order chi connectivity index (χ0) is 20.7. The Balaban J connectivity index is 1.43. The molecule has 5 aliphatic rings. The number of hydrogen-bond donors (Lipinski definition) is 2. The van der Waals surface area contributed by atoms with E-state index in [0.717, 1.165) is 63.4 Å². The van der Waals surface area contributed by atoms with Gasteiger partial charge in [0.05, 0.1) is 23.9 Å². The van der Waals surface area contributed by atoms with Crippen molar-refractivity contribution in [3.05, 3.63) is 11.8 Å². The predicted molar refractivity (Wildman–Crippen MR) is 111 cm³/mol. The minimum atomic E-state index is -0.639. The maximum absolute atomic E-state index is 12.2. The largest absolute Gasteiger partial charge is 0.434 e. The summed E-state index contributed by atoms with van der Waals surface area (Å²) < 4.78 is 5.15. The highest BCUT2D eigenvalue weighted by atomic mass is 16.5. The number of fused-ring (bicyclic) bond motifs is 5. The number of aliphatic hydroxyl groups is 2. The van der Waals surface area contributed by atoms with Crippen LogP contribution in [0.25, 0.3) is 0 Å². The summed E-state index contributed by atoms with van der Waals surface area (Å²) in [6.07, 6.45) is 12.1. The molecule has 4 nitrogen and oxygen atoms in total. The van der Waals surface area contributed by atoms with Gasteiger partial charge in [-0.3, -0.25) is 4.79 Å². The van der Waals surface area contributed by atoms with Gasteiger partial charge in [0, 0.05) is 5.41 Å². The lowest BCUT2D eigenvalue weighted by Gasteiger charge is -2.64. The molecule has 0 spiro atoms. The number of carbonyl (C=O) groups is 1. The summed E-state index contributed by atoms with van der Waals surface area (Å²) in [6, 6.07) is 0. The molecule has 0 saturated heterocycles. The molecule has 0 aromatic rings. The highest BCUT2D eigenvalue weighted by Gasteiger charge is 2.68. The molecule has 1 aliphatic heterocycles. The van der Waals surface area contributed by atoms with Gasteiger partial charge >= 0.3 is 5.97 Å². The maximum atomic E-state index is 12.2. The van der Waals surface area contributed by atoms with Crippen LogP contribution in [0.3, 0.4) is 0 Å². The highest BCUT2D eigenvalue weighted by molar-refractivity contribution is 5.76. The minimum Gasteiger partial charge on any atom is -0.434 e. The molecule has 5 rings (SSSR count). The van der Waals surface area contributed by atoms with Gasteiger partial charge in [0.1, 0.15) is 0 Å². The van der Waals surface area contributed by atoms with Crippen LogP contribution in [0, 0.1) is 34.5 Å². The van der Waals surface area contributed by atoms with E-state index in [0.29, 0.717) is 24.2 Å². The molecule has 4 saturated carbocycles. The Morgan fingerprint density at radius 1 is 1.03 bits per heavy atom. The van der Waals surface area contributed by atoms with Crippen LogP contribution < -0.4 is 0 Å². The Kier molecular flexibility index (Phi) is 4.37. The van der Waals surface area contributed by atoms with Crippen LogP contribution in [0.15, 0.2) is 11.8 Å². The molecule has 4 fully saturated rings. The average Bonchev–Trinajstić information content (AvgIpc) is 3.23. The molecule has 0 aromatic heterocycles. The van der Waals surface area contributed by atoms with Crippen LogP contribution >= 0.6 is 0 Å². The summed E-state index contributed by atoms with van der Waals surface area (Å²) in [5, 5.41) is 23.2. The summed E-state index contributed by atoms with van der Waals surface area (Å²) in [4.78, 5) is 11.7. The Labute approximate surface area is 175 Å². The minimum absolute atomic E-state index is 0.147. The number of cyclic esters (lactones) is 1. The third-order valence-corrected chi connectivity index (χ3v) is 10.8. The predicted octanol–water partition coefficient (Wildman–Crippen LogP) is 4.73. The molecular weight excluding hydrogens is 364 g/mol. The van der Waals surface area contributed by atoms with E-state index in [1.165, 1.54) is 6.42 Å². The van der Waals surface area contributed by atoms with E-state index in [2.05, 4.69) is 20.8 Å². The Morgan fingerprint density at radius 2 is 1.83 bits per heavy atom. The summed E-state index contributed by atoms with van der Waals surface area (Å²) in [5.41, 5.74) is 0.0787. The third kappa shape index (κ3) is 2.60. The Morgan fingerprint density at radius 3 is 2.52 bits per heavy atom. The summed E-state index contributed by atoms with van der Waals surface area (Å²) in [5.74, 6) is 1.60. The van der Waals surface area contributed by atoms with Gasteiger partial charge in [-0.05, 0) is 98.9 Å². The number of hydrogen-bond acceptors (Lipinski definition) is 4. The fourth-order valence-electron chi connectivity index (χ4n) is 8.80. The molecule has 4 heteroatoms. The van der Waals surface area contributed by atoms with E-state index < -0.39 is 11.2 Å². The van der Waals surface area contributed by atoms with Crippen molar-refractivity contribution in [2.24, 2.45) is 34.5 Å². The zero-order valence-electron chi connectivity index (χ0n) is 18.4. The molecule has 0 aromatic carbocycles. The number of ether oxygens (including phenoxy) is 1. The second-order valence-electron chi connectivity index (χ2n) is 11.6. The van der Waals surface area contributed by atoms with E-state index in [-0.39, 0.29) is 22.7 Å². The van der Waals surface area contributed by atoms with Gasteiger partial charge in [-0.2, -0.15) is 0 Å². The molecule has 0 bridgehead atoms. The molecule has 162 valence electrons. The number of carbonyl (C=O) groups excluding carboxylic acids is 1. The molecule has 29 heavy (non-hydrogen) atoms. The van der Waals surface area contributed by atoms with Crippen molar-refractivity contribution in [2.75, 3.05) is 0 Å². The number of rotatable bonds is 2. The Hall–Kier alpha value is -0.870. The van der Waals surface area contributed by atoms with Crippen molar-refractivity contribution in [3.8, 4) is 0 Å². The second kappa shape index (κ2) is 6.32. The summed E-state index contributed by atoms with van der Waals surface area (Å²) in [6.45, 7) is 6.87. The average molecular weight is 403 g/mol. The van der Waals surface area contributed by atoms with E-state index in [1.807, 2.05) is 0 Å². The Bertz CT molecular complexity index is 745. The quantitative estimate of drug-likeness (QED) is 0.655. The van der Waals surface area contributed by atoms with Gasteiger partial charge in [0.2, 0.25) is 0 Å². The first kappa shape index (κ1) is 20.1. The second-order valence-corrected chi connectivity index (χ2v) is 11.6. The first-order valence-corrected chi connectivity index (χ1v) is 12.0. The standard InChI is InChI=1S/C25H38O4/c1-4-24(27)12-11-22(2)17(14-24)5-6-20-19(22)7-9-23(3)18(8-10-25(20,23)28)16-13-21(26)29-15-16/h15,17-20,27-28H,4-14H2,1-3H3/t17-,18-,19+,20-,22+,23-,24-,25+/m1/s1. The van der Waals surface area contributed by atoms with Gasteiger partial charge in [0.15, 0.2) is 0 Å². The van der Waals surface area contributed by atoms with E-state index in [4.69, 9.17) is 4.74 Å². The molecule has 8 atom stereocenters. The highest BCUT2D eigenvalue weighted by Crippen LogP contribution is 2.70. The normalized spacial score (nSPS) is 54.2. The van der Waals surface area contributed by atoms with Crippen molar-refractivity contribution in [2.45, 2.75) is 103 Å². The van der Waals surface area contributed by atoms with Crippen LogP contribution in [-0.2, 0) is 9.53 Å². The van der Waals surface area contributed by atoms with Gasteiger partial charge in [-0.25, -0.2) is 0 Å². The number of esters is 1. The van der Waals surface area contributed by atoms with Crippen LogP contribution in [0.1, 0.15) is 91.4 Å². The van der Waals surface area contributed by atoms with E-state index in [9.17, 15) is 15.0 Å². The van der Waals surface area contributed by atoms with Gasteiger partial charge in [-0.15, -0.1) is 0 Å². The van der Waals surface area contributed by atoms with E-state index >= 15 is 0 Å². The fraction of sp³-hybridized carbons (Fsp3) is 0.880. The molecule has 0 radical (unpaired) electrons. The monoisotopic (exact) mass is 402 g/mol. The summed E-state index contributed by atoms with van der Waals surface area (Å²) in [7, 11) is 0. The molecule has 0 amide bonds. The fourth-order valence-corrected chi connectivity index (χ4v) is 8.80. The molecule has 0 unspecified atom stereocenters. The molecule has 2 N–H and O–H groups in total. The van der Waals surface area contributed by atoms with Gasteiger partial charge in [-0.1, -0.05) is 20.8 Å². The summed E-state index contributed by atoms with van der Waals surface area (Å²) >= 11 is 0. The zero-order valence-corrected chi connectivity index (χ0v) is 18.4. The van der Waals surface area contributed by atoms with Gasteiger partial charge in [0.25, 0.3) is 0 Å². The van der Waals surface area contributed by atoms with Crippen LogP contribution in [0.5, 0.6) is 0 Å². The van der Waals surface area contributed by atoms with Gasteiger partial charge < -0.3 is 14.9 Å². The SMILES string of the molecule is CC[C@@]1(O)CC[C@@]2(C)[C@H](CC[C@@H]3[C@@H]2CC[C@]2(C)[C@@H](C4=COC(=O)C4)CC[C@]32O)C1. The maximum Gasteiger partial charge on any atom is 0.314 e. The smallest absolute Gasteiger partial charge is 0.314 e. The molecular formula is C25H38O4. The molecule has 4 aliphatic carbocycles. The van der Waals surface area contributed by atoms with Crippen LogP contribution in [-0.4, -0.2) is 27.4 Å². The van der Waals surface area contributed by atoms with Crippen LogP contribution in [0.4, 0.5) is 0 Å². The van der Waals surface area contributed by atoms with Crippen molar-refractivity contribution in [1.29, 1.82) is 0 Å². The topological polar surface area (TPSA) is 66.8 Å². The lowest BCUT2D eigenvalue weighted by Crippen LogP contribution is -2.63. The van der Waals surface area contributed by atoms with Crippen LogP contribution in [0.2, 0.25) is 0 Å². The van der Waals surface area contributed by atoms with Crippen molar-refractivity contribution >= 4 is 5.97 Å². The first-order valence-electron chi connectivity index (χ1n) is 12.0. The van der Waals surface area contributed by atoms with Crippen molar-refractivity contribution < 1.29 is 19.7 Å². The van der Waals surface area contributed by atoms with Crippen molar-refractivity contribution in [3.63, 3.8) is 0 Å². The third-order valence-electron chi connectivity index (χ3n) is 10.8. The first-order chi connectivity index (χ1) is 13.7.